The molecule has 0 radical (unpaired) electrons. The van der Waals surface area contributed by atoms with Crippen LogP contribution in [0.2, 0.25) is 10.0 Å². The number of hydrogen-bond donors (Lipinski definition) is 2. The summed E-state index contributed by atoms with van der Waals surface area (Å²) in [7, 11) is 0. The average Bonchev–Trinajstić information content (AvgIpc) is 3.40. The SMILES string of the molecule is Cc1cc([C@@H]2[C@H](c3ccccn3)NC(=S)N2CCC(=O)Nc2ccc(F)cc2)c(C)n1-c1cccc(Cl)c1Cl. The zero-order valence-electron chi connectivity index (χ0n) is 21.3. The molecule has 1 aliphatic rings. The predicted molar refractivity (Wildman–Crippen MR) is 157 cm³/mol. The second-order valence-electron chi connectivity index (χ2n) is 9.36. The minimum atomic E-state index is -0.360. The van der Waals surface area contributed by atoms with Crippen LogP contribution in [0.1, 0.15) is 41.1 Å². The summed E-state index contributed by atoms with van der Waals surface area (Å²) in [4.78, 5) is 19.4. The van der Waals surface area contributed by atoms with Crippen LogP contribution in [-0.2, 0) is 4.79 Å². The van der Waals surface area contributed by atoms with Crippen LogP contribution < -0.4 is 10.6 Å². The number of benzene rings is 2. The molecule has 200 valence electrons. The fourth-order valence-electron chi connectivity index (χ4n) is 5.09. The van der Waals surface area contributed by atoms with Gasteiger partial charge in [-0.25, -0.2) is 4.39 Å². The first kappa shape index (κ1) is 27.1. The van der Waals surface area contributed by atoms with E-state index in [1.165, 1.54) is 24.3 Å². The van der Waals surface area contributed by atoms with Gasteiger partial charge >= 0.3 is 0 Å². The van der Waals surface area contributed by atoms with E-state index < -0.39 is 0 Å². The zero-order valence-corrected chi connectivity index (χ0v) is 23.6. The van der Waals surface area contributed by atoms with Crippen molar-refractivity contribution in [1.29, 1.82) is 0 Å². The third-order valence-electron chi connectivity index (χ3n) is 6.87. The van der Waals surface area contributed by atoms with Crippen LogP contribution in [0, 0.1) is 19.7 Å². The number of rotatable bonds is 7. The molecular weight excluding hydrogens is 556 g/mol. The molecule has 1 aliphatic heterocycles. The molecule has 5 rings (SSSR count). The van der Waals surface area contributed by atoms with E-state index in [0.29, 0.717) is 27.4 Å². The Morgan fingerprint density at radius 2 is 1.87 bits per heavy atom. The number of carbonyl (C=O) groups is 1. The minimum absolute atomic E-state index is 0.184. The van der Waals surface area contributed by atoms with Crippen molar-refractivity contribution in [3.63, 3.8) is 0 Å². The molecule has 6 nitrogen and oxygen atoms in total. The summed E-state index contributed by atoms with van der Waals surface area (Å²) in [5.41, 5.74) is 5.17. The van der Waals surface area contributed by atoms with Gasteiger partial charge in [0.25, 0.3) is 0 Å². The lowest BCUT2D eigenvalue weighted by Gasteiger charge is -2.28. The molecule has 2 N–H and O–H groups in total. The van der Waals surface area contributed by atoms with E-state index in [9.17, 15) is 9.18 Å². The van der Waals surface area contributed by atoms with Crippen molar-refractivity contribution >= 4 is 52.1 Å². The summed E-state index contributed by atoms with van der Waals surface area (Å²) in [5.74, 6) is -0.554. The summed E-state index contributed by atoms with van der Waals surface area (Å²) < 4.78 is 15.3. The van der Waals surface area contributed by atoms with Crippen molar-refractivity contribution < 1.29 is 9.18 Å². The summed E-state index contributed by atoms with van der Waals surface area (Å²) in [6, 6.07) is 18.7. The number of hydrogen-bond acceptors (Lipinski definition) is 3. The molecule has 0 aliphatic carbocycles. The summed E-state index contributed by atoms with van der Waals surface area (Å²) in [6.07, 6.45) is 1.94. The first-order valence-electron chi connectivity index (χ1n) is 12.4. The van der Waals surface area contributed by atoms with E-state index in [1.807, 2.05) is 49.1 Å². The molecule has 2 aromatic heterocycles. The second kappa shape index (κ2) is 11.3. The molecule has 4 aromatic rings. The number of thiocarbonyl (C=S) groups is 1. The van der Waals surface area contributed by atoms with Crippen molar-refractivity contribution in [3.8, 4) is 5.69 Å². The Morgan fingerprint density at radius 3 is 2.59 bits per heavy atom. The Balaban J connectivity index is 1.48. The maximum absolute atomic E-state index is 13.3. The number of anilines is 1. The topological polar surface area (TPSA) is 62.2 Å². The van der Waals surface area contributed by atoms with Crippen molar-refractivity contribution in [2.24, 2.45) is 0 Å². The number of carbonyl (C=O) groups excluding carboxylic acids is 1. The first-order valence-corrected chi connectivity index (χ1v) is 13.6. The molecule has 1 amide bonds. The number of nitrogens with zero attached hydrogens (tertiary/aromatic N) is 3. The summed E-state index contributed by atoms with van der Waals surface area (Å²) in [6.45, 7) is 4.43. The molecule has 3 heterocycles. The molecule has 0 spiro atoms. The van der Waals surface area contributed by atoms with Gasteiger partial charge < -0.3 is 20.1 Å². The number of pyridine rings is 1. The number of nitrogens with one attached hydrogen (secondary N) is 2. The molecule has 1 saturated heterocycles. The fourth-order valence-corrected chi connectivity index (χ4v) is 5.80. The molecule has 10 heteroatoms. The van der Waals surface area contributed by atoms with E-state index >= 15 is 0 Å². The highest BCUT2D eigenvalue weighted by Crippen LogP contribution is 2.42. The molecule has 1 fully saturated rings. The van der Waals surface area contributed by atoms with Crippen LogP contribution in [0.25, 0.3) is 5.69 Å². The van der Waals surface area contributed by atoms with Gasteiger partial charge in [-0.1, -0.05) is 35.3 Å². The largest absolute Gasteiger partial charge is 0.352 e. The van der Waals surface area contributed by atoms with E-state index in [4.69, 9.17) is 35.4 Å². The van der Waals surface area contributed by atoms with Crippen LogP contribution in [0.15, 0.2) is 72.9 Å². The van der Waals surface area contributed by atoms with Gasteiger partial charge in [0.2, 0.25) is 5.91 Å². The molecule has 2 aromatic carbocycles. The Morgan fingerprint density at radius 1 is 1.10 bits per heavy atom. The van der Waals surface area contributed by atoms with Crippen LogP contribution in [0.4, 0.5) is 10.1 Å². The Kier molecular flexibility index (Phi) is 7.88. The third kappa shape index (κ3) is 5.50. The van der Waals surface area contributed by atoms with Gasteiger partial charge in [0, 0.05) is 36.2 Å². The maximum Gasteiger partial charge on any atom is 0.226 e. The molecular formula is C29H26Cl2FN5OS. The standard InChI is InChI=1S/C29H26Cl2FN5OS/c1-17-16-21(18(2)37(17)24-8-5-6-22(30)26(24)31)28-27(23-7-3-4-14-33-23)35-29(39)36(28)15-13-25(38)34-20-11-9-19(32)10-12-20/h3-12,14,16,27-28H,13,15H2,1-2H3,(H,34,38)(H,35,39)/t27-,28+/m0/s1. The number of halogens is 3. The summed E-state index contributed by atoms with van der Waals surface area (Å²) in [5, 5.41) is 7.74. The average molecular weight is 583 g/mol. The highest BCUT2D eigenvalue weighted by molar-refractivity contribution is 7.80. The van der Waals surface area contributed by atoms with E-state index in [-0.39, 0.29) is 30.2 Å². The molecule has 39 heavy (non-hydrogen) atoms. The van der Waals surface area contributed by atoms with Crippen molar-refractivity contribution in [2.45, 2.75) is 32.4 Å². The van der Waals surface area contributed by atoms with Gasteiger partial charge in [-0.3, -0.25) is 9.78 Å². The van der Waals surface area contributed by atoms with E-state index in [0.717, 1.165) is 28.3 Å². The van der Waals surface area contributed by atoms with Gasteiger partial charge in [-0.05, 0) is 86.2 Å². The second-order valence-corrected chi connectivity index (χ2v) is 10.5. The quantitative estimate of drug-likeness (QED) is 0.231. The number of aryl methyl sites for hydroxylation is 1. The Labute approximate surface area is 241 Å². The number of amides is 1. The minimum Gasteiger partial charge on any atom is -0.352 e. The van der Waals surface area contributed by atoms with Gasteiger partial charge in [-0.2, -0.15) is 0 Å². The van der Waals surface area contributed by atoms with Crippen molar-refractivity contribution in [1.82, 2.24) is 19.8 Å². The van der Waals surface area contributed by atoms with Crippen LogP contribution in [0.5, 0.6) is 0 Å². The highest BCUT2D eigenvalue weighted by Gasteiger charge is 2.41. The third-order valence-corrected chi connectivity index (χ3v) is 8.03. The van der Waals surface area contributed by atoms with Gasteiger partial charge in [0.15, 0.2) is 5.11 Å². The van der Waals surface area contributed by atoms with Gasteiger partial charge in [0.1, 0.15) is 5.82 Å². The molecule has 0 unspecified atom stereocenters. The number of aromatic nitrogens is 2. The van der Waals surface area contributed by atoms with E-state index in [1.54, 1.807) is 12.3 Å². The molecule has 0 saturated carbocycles. The monoisotopic (exact) mass is 581 g/mol. The van der Waals surface area contributed by atoms with E-state index in [2.05, 4.69) is 26.3 Å². The predicted octanol–water partition coefficient (Wildman–Crippen LogP) is 6.94. The first-order chi connectivity index (χ1) is 18.7. The summed E-state index contributed by atoms with van der Waals surface area (Å²) >= 11 is 18.7. The molecule has 0 bridgehead atoms. The van der Waals surface area contributed by atoms with Crippen molar-refractivity contribution in [3.05, 3.63) is 111 Å². The smallest absolute Gasteiger partial charge is 0.226 e. The zero-order chi connectivity index (χ0) is 27.7. The maximum atomic E-state index is 13.3. The Hall–Kier alpha value is -3.46. The normalized spacial score (nSPS) is 16.8. The lowest BCUT2D eigenvalue weighted by molar-refractivity contribution is -0.116. The highest BCUT2D eigenvalue weighted by atomic mass is 35.5. The Bertz CT molecular complexity index is 1530. The lowest BCUT2D eigenvalue weighted by atomic mass is 9.96. The lowest BCUT2D eigenvalue weighted by Crippen LogP contribution is -2.32. The van der Waals surface area contributed by atoms with Crippen LogP contribution in [0.3, 0.4) is 0 Å². The van der Waals surface area contributed by atoms with Crippen LogP contribution in [-0.4, -0.2) is 32.0 Å². The van der Waals surface area contributed by atoms with Gasteiger partial charge in [-0.15, -0.1) is 0 Å². The van der Waals surface area contributed by atoms with Crippen molar-refractivity contribution in [2.75, 3.05) is 11.9 Å². The fraction of sp³-hybridized carbons (Fsp3) is 0.207. The van der Waals surface area contributed by atoms with Gasteiger partial charge in [0.05, 0.1) is 33.5 Å². The van der Waals surface area contributed by atoms with Crippen LogP contribution >= 0.6 is 35.4 Å². The molecule has 2 atom stereocenters.